The maximum atomic E-state index is 12.2. The number of nitro groups is 1. The van der Waals surface area contributed by atoms with Gasteiger partial charge in [-0.15, -0.1) is 0 Å². The standard InChI is InChI=1S/C17H24BrN3O4/c1-11-8-14(15(21(23)24)9-13(11)18)19-12-6-5-7-20(10-12)16(22)25-17(2,3)4/h8-9,12,19H,5-7,10H2,1-4H3/t12-/m0/s1. The lowest BCUT2D eigenvalue weighted by molar-refractivity contribution is -0.384. The lowest BCUT2D eigenvalue weighted by atomic mass is 10.0. The zero-order valence-electron chi connectivity index (χ0n) is 15.0. The summed E-state index contributed by atoms with van der Waals surface area (Å²) in [5.74, 6) is 0. The van der Waals surface area contributed by atoms with Gasteiger partial charge < -0.3 is 15.0 Å². The second-order valence-electron chi connectivity index (χ2n) is 7.29. The smallest absolute Gasteiger partial charge is 0.410 e. The lowest BCUT2D eigenvalue weighted by Crippen LogP contribution is -2.47. The fraction of sp³-hybridized carbons (Fsp3) is 0.588. The van der Waals surface area contributed by atoms with E-state index in [1.165, 1.54) is 6.07 Å². The van der Waals surface area contributed by atoms with Crippen molar-refractivity contribution in [3.05, 3.63) is 32.3 Å². The van der Waals surface area contributed by atoms with Gasteiger partial charge >= 0.3 is 6.09 Å². The molecular formula is C17H24BrN3O4. The van der Waals surface area contributed by atoms with Crippen LogP contribution in [0.2, 0.25) is 0 Å². The quantitative estimate of drug-likeness (QED) is 0.583. The van der Waals surface area contributed by atoms with E-state index in [1.54, 1.807) is 11.0 Å². The molecule has 2 rings (SSSR count). The van der Waals surface area contributed by atoms with E-state index in [0.29, 0.717) is 23.2 Å². The molecular weight excluding hydrogens is 390 g/mol. The van der Waals surface area contributed by atoms with Crippen LogP contribution in [0.1, 0.15) is 39.2 Å². The number of carbonyl (C=O) groups excluding carboxylic acids is 1. The van der Waals surface area contributed by atoms with Crippen LogP contribution in [0.3, 0.4) is 0 Å². The largest absolute Gasteiger partial charge is 0.444 e. The Balaban J connectivity index is 2.12. The van der Waals surface area contributed by atoms with Crippen molar-refractivity contribution in [1.82, 2.24) is 4.90 Å². The molecule has 1 atom stereocenters. The van der Waals surface area contributed by atoms with Crippen LogP contribution in [0.15, 0.2) is 16.6 Å². The predicted molar refractivity (Wildman–Crippen MR) is 100.0 cm³/mol. The minimum Gasteiger partial charge on any atom is -0.444 e. The SMILES string of the molecule is Cc1cc(N[C@H]2CCCN(C(=O)OC(C)(C)C)C2)c([N+](=O)[O-])cc1Br. The maximum absolute atomic E-state index is 12.2. The fourth-order valence-corrected chi connectivity index (χ4v) is 3.08. The summed E-state index contributed by atoms with van der Waals surface area (Å²) in [5.41, 5.74) is 0.862. The van der Waals surface area contributed by atoms with Crippen molar-refractivity contribution >= 4 is 33.4 Å². The van der Waals surface area contributed by atoms with E-state index >= 15 is 0 Å². The van der Waals surface area contributed by atoms with Crippen molar-refractivity contribution in [1.29, 1.82) is 0 Å². The Kier molecular flexibility index (Phi) is 5.92. The number of carbonyl (C=O) groups is 1. The predicted octanol–water partition coefficient (Wildman–Crippen LogP) is 4.48. The number of likely N-dealkylation sites (tertiary alicyclic amines) is 1. The van der Waals surface area contributed by atoms with Crippen LogP contribution in [-0.4, -0.2) is 40.6 Å². The molecule has 0 bridgehead atoms. The summed E-state index contributed by atoms with van der Waals surface area (Å²) in [6, 6.07) is 3.21. The molecule has 0 saturated carbocycles. The number of nitrogens with one attached hydrogen (secondary N) is 1. The number of rotatable bonds is 3. The van der Waals surface area contributed by atoms with E-state index in [2.05, 4.69) is 21.2 Å². The molecule has 1 aromatic carbocycles. The zero-order chi connectivity index (χ0) is 18.8. The third kappa shape index (κ3) is 5.32. The second-order valence-corrected chi connectivity index (χ2v) is 8.14. The van der Waals surface area contributed by atoms with Gasteiger partial charge in [0.05, 0.1) is 4.92 Å². The number of amides is 1. The second kappa shape index (κ2) is 7.59. The number of aryl methyl sites for hydroxylation is 1. The Morgan fingerprint density at radius 3 is 2.72 bits per heavy atom. The first-order valence-corrected chi connectivity index (χ1v) is 9.05. The van der Waals surface area contributed by atoms with E-state index < -0.39 is 10.5 Å². The summed E-state index contributed by atoms with van der Waals surface area (Å²) in [4.78, 5) is 24.8. The molecule has 0 aromatic heterocycles. The Labute approximate surface area is 156 Å². The molecule has 1 aliphatic heterocycles. The fourth-order valence-electron chi connectivity index (χ4n) is 2.74. The van der Waals surface area contributed by atoms with Crippen LogP contribution in [0.5, 0.6) is 0 Å². The van der Waals surface area contributed by atoms with E-state index in [0.717, 1.165) is 18.4 Å². The van der Waals surface area contributed by atoms with Crippen molar-refractivity contribution in [3.63, 3.8) is 0 Å². The van der Waals surface area contributed by atoms with Gasteiger partial charge in [0.2, 0.25) is 0 Å². The number of hydrogen-bond acceptors (Lipinski definition) is 5. The molecule has 1 aromatic rings. The van der Waals surface area contributed by atoms with Crippen molar-refractivity contribution < 1.29 is 14.5 Å². The molecule has 138 valence electrons. The van der Waals surface area contributed by atoms with Crippen LogP contribution >= 0.6 is 15.9 Å². The summed E-state index contributed by atoms with van der Waals surface area (Å²) in [5, 5.41) is 14.6. The number of anilines is 1. The lowest BCUT2D eigenvalue weighted by Gasteiger charge is -2.34. The van der Waals surface area contributed by atoms with E-state index in [4.69, 9.17) is 4.74 Å². The Morgan fingerprint density at radius 2 is 2.12 bits per heavy atom. The van der Waals surface area contributed by atoms with Crippen LogP contribution < -0.4 is 5.32 Å². The van der Waals surface area contributed by atoms with E-state index in [9.17, 15) is 14.9 Å². The topological polar surface area (TPSA) is 84.7 Å². The van der Waals surface area contributed by atoms with Gasteiger partial charge in [-0.1, -0.05) is 15.9 Å². The first kappa shape index (κ1) is 19.5. The highest BCUT2D eigenvalue weighted by atomic mass is 79.9. The van der Waals surface area contributed by atoms with Gasteiger partial charge in [0.25, 0.3) is 5.69 Å². The average molecular weight is 414 g/mol. The van der Waals surface area contributed by atoms with Crippen LogP contribution in [0, 0.1) is 17.0 Å². The van der Waals surface area contributed by atoms with Gasteiger partial charge in [0.1, 0.15) is 11.3 Å². The number of benzene rings is 1. The number of nitro benzene ring substituents is 1. The normalized spacial score (nSPS) is 18.0. The van der Waals surface area contributed by atoms with Crippen molar-refractivity contribution in [2.75, 3.05) is 18.4 Å². The van der Waals surface area contributed by atoms with E-state index in [-0.39, 0.29) is 17.8 Å². The molecule has 0 unspecified atom stereocenters. The third-order valence-electron chi connectivity index (χ3n) is 3.91. The highest BCUT2D eigenvalue weighted by molar-refractivity contribution is 9.10. The van der Waals surface area contributed by atoms with Crippen molar-refractivity contribution in [3.8, 4) is 0 Å². The summed E-state index contributed by atoms with van der Waals surface area (Å²) < 4.78 is 6.12. The number of halogens is 1. The average Bonchev–Trinajstić information content (AvgIpc) is 2.49. The minimum atomic E-state index is -0.543. The van der Waals surface area contributed by atoms with E-state index in [1.807, 2.05) is 27.7 Å². The number of ether oxygens (including phenoxy) is 1. The Hall–Kier alpha value is -1.83. The van der Waals surface area contributed by atoms with Crippen LogP contribution in [0.25, 0.3) is 0 Å². The number of nitrogens with zero attached hydrogens (tertiary/aromatic N) is 2. The monoisotopic (exact) mass is 413 g/mol. The van der Waals surface area contributed by atoms with Crippen molar-refractivity contribution in [2.24, 2.45) is 0 Å². The van der Waals surface area contributed by atoms with Gasteiger partial charge in [-0.2, -0.15) is 0 Å². The summed E-state index contributed by atoms with van der Waals surface area (Å²) in [6.07, 6.45) is 1.31. The minimum absolute atomic E-state index is 0.0202. The molecule has 8 heteroatoms. The zero-order valence-corrected chi connectivity index (χ0v) is 16.6. The number of hydrogen-bond donors (Lipinski definition) is 1. The molecule has 0 aliphatic carbocycles. The molecule has 1 aliphatic rings. The van der Waals surface area contributed by atoms with Gasteiger partial charge in [-0.25, -0.2) is 4.79 Å². The number of piperidine rings is 1. The molecule has 1 N–H and O–H groups in total. The van der Waals surface area contributed by atoms with Gasteiger partial charge in [-0.05, 0) is 52.2 Å². The molecule has 0 spiro atoms. The summed E-state index contributed by atoms with van der Waals surface area (Å²) in [7, 11) is 0. The molecule has 1 fully saturated rings. The highest BCUT2D eigenvalue weighted by Gasteiger charge is 2.29. The van der Waals surface area contributed by atoms with Crippen molar-refractivity contribution in [2.45, 2.75) is 52.2 Å². The van der Waals surface area contributed by atoms with Gasteiger partial charge in [0.15, 0.2) is 0 Å². The molecule has 1 saturated heterocycles. The first-order valence-electron chi connectivity index (χ1n) is 8.26. The maximum Gasteiger partial charge on any atom is 0.410 e. The van der Waals surface area contributed by atoms with Gasteiger partial charge in [-0.3, -0.25) is 10.1 Å². The Bertz CT molecular complexity index is 673. The molecule has 7 nitrogen and oxygen atoms in total. The summed E-state index contributed by atoms with van der Waals surface area (Å²) >= 11 is 3.33. The molecule has 0 radical (unpaired) electrons. The first-order chi connectivity index (χ1) is 11.6. The van der Waals surface area contributed by atoms with Crippen LogP contribution in [-0.2, 0) is 4.74 Å². The molecule has 25 heavy (non-hydrogen) atoms. The highest BCUT2D eigenvalue weighted by Crippen LogP contribution is 2.32. The summed E-state index contributed by atoms with van der Waals surface area (Å²) in [6.45, 7) is 8.47. The molecule has 1 amide bonds. The van der Waals surface area contributed by atoms with Crippen LogP contribution in [0.4, 0.5) is 16.2 Å². The molecule has 1 heterocycles. The Morgan fingerprint density at radius 1 is 1.44 bits per heavy atom. The van der Waals surface area contributed by atoms with Gasteiger partial charge in [0, 0.05) is 29.7 Å². The third-order valence-corrected chi connectivity index (χ3v) is 4.76.